The smallest absolute Gasteiger partial charge is 0.320 e. The molecule has 0 radical (unpaired) electrons. The van der Waals surface area contributed by atoms with Crippen LogP contribution in [0, 0.1) is 6.92 Å². The SMILES string of the molecule is CCO[C@H]1COC[C@@H]1NC(=O)Nc1cc(C)nn1-c1ccc(OC)cc1. The van der Waals surface area contributed by atoms with Crippen molar-refractivity contribution in [3.63, 3.8) is 0 Å². The fraction of sp³-hybridized carbons (Fsp3) is 0.444. The highest BCUT2D eigenvalue weighted by molar-refractivity contribution is 5.89. The molecule has 140 valence electrons. The molecule has 1 fully saturated rings. The van der Waals surface area contributed by atoms with E-state index in [-0.39, 0.29) is 18.2 Å². The fourth-order valence-electron chi connectivity index (χ4n) is 2.88. The molecule has 0 unspecified atom stereocenters. The highest BCUT2D eigenvalue weighted by atomic mass is 16.5. The molecular formula is C18H24N4O4. The van der Waals surface area contributed by atoms with Crippen molar-refractivity contribution in [2.24, 2.45) is 0 Å². The van der Waals surface area contributed by atoms with E-state index in [1.807, 2.05) is 44.2 Å². The summed E-state index contributed by atoms with van der Waals surface area (Å²) in [5, 5.41) is 10.2. The molecule has 1 aliphatic rings. The first-order valence-electron chi connectivity index (χ1n) is 8.58. The molecule has 0 spiro atoms. The third kappa shape index (κ3) is 4.14. The Balaban J connectivity index is 1.70. The Kier molecular flexibility index (Phi) is 5.75. The number of carbonyl (C=O) groups excluding carboxylic acids is 1. The number of carbonyl (C=O) groups is 1. The molecule has 26 heavy (non-hydrogen) atoms. The molecule has 8 nitrogen and oxygen atoms in total. The number of benzene rings is 1. The van der Waals surface area contributed by atoms with Crippen LogP contribution in [0.1, 0.15) is 12.6 Å². The standard InChI is InChI=1S/C18H24N4O4/c1-4-26-16-11-25-10-15(16)19-18(23)20-17-9-12(2)21-22(17)13-5-7-14(24-3)8-6-13/h5-9,15-16H,4,10-11H2,1-3H3,(H2,19,20,23)/t15-,16-/m0/s1. The Morgan fingerprint density at radius 3 is 2.81 bits per heavy atom. The van der Waals surface area contributed by atoms with Gasteiger partial charge in [-0.15, -0.1) is 0 Å². The van der Waals surface area contributed by atoms with Gasteiger partial charge >= 0.3 is 6.03 Å². The summed E-state index contributed by atoms with van der Waals surface area (Å²) in [7, 11) is 1.62. The van der Waals surface area contributed by atoms with E-state index >= 15 is 0 Å². The van der Waals surface area contributed by atoms with Crippen molar-refractivity contribution >= 4 is 11.8 Å². The molecule has 3 rings (SSSR count). The fourth-order valence-corrected chi connectivity index (χ4v) is 2.88. The minimum Gasteiger partial charge on any atom is -0.497 e. The Hall–Kier alpha value is -2.58. The number of urea groups is 1. The van der Waals surface area contributed by atoms with Crippen molar-refractivity contribution < 1.29 is 19.0 Å². The minimum atomic E-state index is -0.320. The number of rotatable bonds is 6. The van der Waals surface area contributed by atoms with Crippen LogP contribution in [0.5, 0.6) is 5.75 Å². The molecule has 0 bridgehead atoms. The van der Waals surface area contributed by atoms with Crippen LogP contribution in [0.25, 0.3) is 5.69 Å². The van der Waals surface area contributed by atoms with Crippen molar-refractivity contribution in [3.05, 3.63) is 36.0 Å². The minimum absolute atomic E-state index is 0.126. The zero-order chi connectivity index (χ0) is 18.5. The van der Waals surface area contributed by atoms with Crippen molar-refractivity contribution in [1.29, 1.82) is 0 Å². The summed E-state index contributed by atoms with van der Waals surface area (Å²) >= 11 is 0. The largest absolute Gasteiger partial charge is 0.497 e. The first-order valence-corrected chi connectivity index (χ1v) is 8.58. The molecule has 1 saturated heterocycles. The van der Waals surface area contributed by atoms with Gasteiger partial charge in [-0.3, -0.25) is 5.32 Å². The van der Waals surface area contributed by atoms with Crippen LogP contribution in [-0.4, -0.2) is 54.9 Å². The summed E-state index contributed by atoms with van der Waals surface area (Å²) in [4.78, 5) is 12.4. The van der Waals surface area contributed by atoms with E-state index in [4.69, 9.17) is 14.2 Å². The van der Waals surface area contributed by atoms with Gasteiger partial charge in [0, 0.05) is 12.7 Å². The highest BCUT2D eigenvalue weighted by Gasteiger charge is 2.30. The lowest BCUT2D eigenvalue weighted by atomic mass is 10.2. The molecule has 1 aromatic heterocycles. The predicted octanol–water partition coefficient (Wildman–Crippen LogP) is 2.11. The number of ether oxygens (including phenoxy) is 3. The van der Waals surface area contributed by atoms with Gasteiger partial charge in [-0.1, -0.05) is 0 Å². The number of aromatic nitrogens is 2. The van der Waals surface area contributed by atoms with Gasteiger partial charge in [0.2, 0.25) is 0 Å². The van der Waals surface area contributed by atoms with Crippen LogP contribution in [0.4, 0.5) is 10.6 Å². The van der Waals surface area contributed by atoms with Gasteiger partial charge in [0.05, 0.1) is 37.7 Å². The monoisotopic (exact) mass is 360 g/mol. The average Bonchev–Trinajstić information content (AvgIpc) is 3.21. The van der Waals surface area contributed by atoms with Gasteiger partial charge in [-0.05, 0) is 38.1 Å². The number of amides is 2. The van der Waals surface area contributed by atoms with Crippen molar-refractivity contribution in [2.45, 2.75) is 26.0 Å². The zero-order valence-electron chi connectivity index (χ0n) is 15.2. The number of nitrogens with zero attached hydrogens (tertiary/aromatic N) is 2. The van der Waals surface area contributed by atoms with Crippen LogP contribution >= 0.6 is 0 Å². The molecule has 2 atom stereocenters. The number of hydrogen-bond donors (Lipinski definition) is 2. The maximum absolute atomic E-state index is 12.4. The molecule has 1 aromatic carbocycles. The van der Waals surface area contributed by atoms with Crippen molar-refractivity contribution in [1.82, 2.24) is 15.1 Å². The van der Waals surface area contributed by atoms with E-state index in [1.165, 1.54) is 0 Å². The summed E-state index contributed by atoms with van der Waals surface area (Å²) < 4.78 is 17.8. The molecule has 2 amide bonds. The van der Waals surface area contributed by atoms with Gasteiger partial charge in [0.1, 0.15) is 17.7 Å². The number of anilines is 1. The Morgan fingerprint density at radius 2 is 2.12 bits per heavy atom. The second-order valence-electron chi connectivity index (χ2n) is 6.02. The molecule has 0 aliphatic carbocycles. The number of nitrogens with one attached hydrogen (secondary N) is 2. The lowest BCUT2D eigenvalue weighted by Crippen LogP contribution is -2.45. The number of methoxy groups -OCH3 is 1. The first kappa shape index (κ1) is 18.2. The third-order valence-corrected chi connectivity index (χ3v) is 4.12. The van der Waals surface area contributed by atoms with Gasteiger partial charge in [0.15, 0.2) is 0 Å². The summed E-state index contributed by atoms with van der Waals surface area (Å²) in [6.07, 6.45) is -0.126. The highest BCUT2D eigenvalue weighted by Crippen LogP contribution is 2.20. The molecule has 2 heterocycles. The molecule has 8 heteroatoms. The molecule has 1 aliphatic heterocycles. The maximum Gasteiger partial charge on any atom is 0.320 e. The van der Waals surface area contributed by atoms with Crippen molar-refractivity contribution in [3.8, 4) is 11.4 Å². The Morgan fingerprint density at radius 1 is 1.35 bits per heavy atom. The summed E-state index contributed by atoms with van der Waals surface area (Å²) in [5.41, 5.74) is 1.62. The topological polar surface area (TPSA) is 86.6 Å². The second-order valence-corrected chi connectivity index (χ2v) is 6.02. The summed E-state index contributed by atoms with van der Waals surface area (Å²) in [6, 6.07) is 8.77. The molecule has 0 saturated carbocycles. The second kappa shape index (κ2) is 8.20. The van der Waals surface area contributed by atoms with E-state index < -0.39 is 0 Å². The first-order chi connectivity index (χ1) is 12.6. The van der Waals surface area contributed by atoms with Crippen LogP contribution in [0.2, 0.25) is 0 Å². The van der Waals surface area contributed by atoms with Gasteiger partial charge in [-0.25, -0.2) is 9.48 Å². The number of aryl methyl sites for hydroxylation is 1. The Labute approximate surface area is 152 Å². The molecule has 2 aromatic rings. The maximum atomic E-state index is 12.4. The van der Waals surface area contributed by atoms with Gasteiger partial charge < -0.3 is 19.5 Å². The van der Waals surface area contributed by atoms with Crippen LogP contribution in [0.3, 0.4) is 0 Å². The van der Waals surface area contributed by atoms with E-state index in [2.05, 4.69) is 15.7 Å². The lowest BCUT2D eigenvalue weighted by molar-refractivity contribution is 0.0428. The van der Waals surface area contributed by atoms with Crippen LogP contribution in [-0.2, 0) is 9.47 Å². The quantitative estimate of drug-likeness (QED) is 0.824. The Bertz CT molecular complexity index is 744. The normalized spacial score (nSPS) is 19.3. The van der Waals surface area contributed by atoms with Crippen LogP contribution < -0.4 is 15.4 Å². The van der Waals surface area contributed by atoms with E-state index in [1.54, 1.807) is 11.8 Å². The van der Waals surface area contributed by atoms with Crippen LogP contribution in [0.15, 0.2) is 30.3 Å². The third-order valence-electron chi connectivity index (χ3n) is 4.12. The average molecular weight is 360 g/mol. The van der Waals surface area contributed by atoms with Gasteiger partial charge in [-0.2, -0.15) is 5.10 Å². The van der Waals surface area contributed by atoms with E-state index in [0.717, 1.165) is 17.1 Å². The van der Waals surface area contributed by atoms with E-state index in [0.29, 0.717) is 25.6 Å². The number of hydrogen-bond acceptors (Lipinski definition) is 5. The zero-order valence-corrected chi connectivity index (χ0v) is 15.2. The van der Waals surface area contributed by atoms with Gasteiger partial charge in [0.25, 0.3) is 0 Å². The molecular weight excluding hydrogens is 336 g/mol. The molecule has 2 N–H and O–H groups in total. The summed E-state index contributed by atoms with van der Waals surface area (Å²) in [5.74, 6) is 1.34. The lowest BCUT2D eigenvalue weighted by Gasteiger charge is -2.19. The van der Waals surface area contributed by atoms with E-state index in [9.17, 15) is 4.79 Å². The summed E-state index contributed by atoms with van der Waals surface area (Å²) in [6.45, 7) is 5.30. The predicted molar refractivity (Wildman–Crippen MR) is 97.0 cm³/mol. The van der Waals surface area contributed by atoms with Crippen molar-refractivity contribution in [2.75, 3.05) is 32.2 Å².